The standard InChI is InChI=1S/C13H17N3O3/c1-19-8-4-2-3-7-16-12-9-10(13(17)18)5-6-11(12)14-15-16/h5-6,9H,2-4,7-8H2,1H3,(H,17,18). The zero-order chi connectivity index (χ0) is 13.7. The molecule has 1 heterocycles. The predicted molar refractivity (Wildman–Crippen MR) is 70.2 cm³/mol. The Hall–Kier alpha value is -1.95. The smallest absolute Gasteiger partial charge is 0.335 e. The first-order chi connectivity index (χ1) is 9.22. The second-order valence-corrected chi connectivity index (χ2v) is 4.37. The SMILES string of the molecule is COCCCCCn1nnc2ccc(C(=O)O)cc21. The highest BCUT2D eigenvalue weighted by Gasteiger charge is 2.08. The Morgan fingerprint density at radius 1 is 1.37 bits per heavy atom. The number of carboxylic acids is 1. The van der Waals surface area contributed by atoms with Crippen LogP contribution in [0.1, 0.15) is 29.6 Å². The molecule has 2 aromatic rings. The summed E-state index contributed by atoms with van der Waals surface area (Å²) in [7, 11) is 1.69. The molecule has 1 aromatic carbocycles. The molecule has 0 radical (unpaired) electrons. The summed E-state index contributed by atoms with van der Waals surface area (Å²) in [6.07, 6.45) is 3.04. The van der Waals surface area contributed by atoms with Crippen LogP contribution in [0.25, 0.3) is 11.0 Å². The van der Waals surface area contributed by atoms with Crippen molar-refractivity contribution in [3.05, 3.63) is 23.8 Å². The monoisotopic (exact) mass is 263 g/mol. The largest absolute Gasteiger partial charge is 0.478 e. The maximum absolute atomic E-state index is 10.9. The predicted octanol–water partition coefficient (Wildman–Crippen LogP) is 1.95. The Kier molecular flexibility index (Phi) is 4.46. The zero-order valence-corrected chi connectivity index (χ0v) is 10.9. The molecule has 6 heteroatoms. The fourth-order valence-corrected chi connectivity index (χ4v) is 1.95. The maximum atomic E-state index is 10.9. The molecule has 0 aliphatic rings. The van der Waals surface area contributed by atoms with Gasteiger partial charge in [0.15, 0.2) is 0 Å². The van der Waals surface area contributed by atoms with Crippen LogP contribution < -0.4 is 0 Å². The molecular formula is C13H17N3O3. The van der Waals surface area contributed by atoms with Gasteiger partial charge in [0.2, 0.25) is 0 Å². The normalized spacial score (nSPS) is 11.0. The van der Waals surface area contributed by atoms with E-state index < -0.39 is 5.97 Å². The van der Waals surface area contributed by atoms with Gasteiger partial charge >= 0.3 is 5.97 Å². The van der Waals surface area contributed by atoms with Gasteiger partial charge < -0.3 is 9.84 Å². The minimum atomic E-state index is -0.935. The fraction of sp³-hybridized carbons (Fsp3) is 0.462. The van der Waals surface area contributed by atoms with Crippen molar-refractivity contribution < 1.29 is 14.6 Å². The number of aromatic nitrogens is 3. The zero-order valence-electron chi connectivity index (χ0n) is 10.9. The van der Waals surface area contributed by atoms with Gasteiger partial charge in [-0.1, -0.05) is 5.21 Å². The number of rotatable bonds is 7. The molecule has 0 saturated heterocycles. The average molecular weight is 263 g/mol. The first-order valence-corrected chi connectivity index (χ1v) is 6.28. The van der Waals surface area contributed by atoms with Gasteiger partial charge in [-0.2, -0.15) is 0 Å². The quantitative estimate of drug-likeness (QED) is 0.772. The summed E-state index contributed by atoms with van der Waals surface area (Å²) in [5.74, 6) is -0.935. The van der Waals surface area contributed by atoms with E-state index in [1.54, 1.807) is 30.0 Å². The van der Waals surface area contributed by atoms with Gasteiger partial charge in [0, 0.05) is 20.3 Å². The lowest BCUT2D eigenvalue weighted by Crippen LogP contribution is -2.02. The average Bonchev–Trinajstić information content (AvgIpc) is 2.81. The molecule has 0 fully saturated rings. The van der Waals surface area contributed by atoms with E-state index in [1.807, 2.05) is 0 Å². The number of hydrogen-bond acceptors (Lipinski definition) is 4. The van der Waals surface area contributed by atoms with Gasteiger partial charge in [-0.25, -0.2) is 9.48 Å². The van der Waals surface area contributed by atoms with E-state index in [4.69, 9.17) is 9.84 Å². The van der Waals surface area contributed by atoms with Crippen molar-refractivity contribution in [1.29, 1.82) is 0 Å². The van der Waals surface area contributed by atoms with Gasteiger partial charge in [0.05, 0.1) is 11.1 Å². The van der Waals surface area contributed by atoms with Crippen LogP contribution in [-0.4, -0.2) is 39.8 Å². The van der Waals surface area contributed by atoms with Gasteiger partial charge in [-0.3, -0.25) is 0 Å². The van der Waals surface area contributed by atoms with Crippen LogP contribution in [0.4, 0.5) is 0 Å². The van der Waals surface area contributed by atoms with Crippen LogP contribution in [0, 0.1) is 0 Å². The summed E-state index contributed by atoms with van der Waals surface area (Å²) in [5.41, 5.74) is 1.75. The number of nitrogens with zero attached hydrogens (tertiary/aromatic N) is 3. The number of ether oxygens (including phenoxy) is 1. The maximum Gasteiger partial charge on any atom is 0.335 e. The molecule has 0 amide bonds. The molecule has 1 N–H and O–H groups in total. The van der Waals surface area contributed by atoms with Gasteiger partial charge in [-0.05, 0) is 37.5 Å². The molecule has 0 bridgehead atoms. The Morgan fingerprint density at radius 3 is 2.95 bits per heavy atom. The topological polar surface area (TPSA) is 77.2 Å². The molecule has 0 aliphatic carbocycles. The first-order valence-electron chi connectivity index (χ1n) is 6.28. The van der Waals surface area contributed by atoms with Crippen molar-refractivity contribution in [3.63, 3.8) is 0 Å². The van der Waals surface area contributed by atoms with Gasteiger partial charge in [-0.15, -0.1) is 5.10 Å². The Morgan fingerprint density at radius 2 is 2.21 bits per heavy atom. The minimum Gasteiger partial charge on any atom is -0.478 e. The molecule has 0 spiro atoms. The summed E-state index contributed by atoms with van der Waals surface area (Å²) in [6, 6.07) is 4.85. The van der Waals surface area contributed by atoms with Gasteiger partial charge in [0.1, 0.15) is 5.52 Å². The number of benzene rings is 1. The third kappa shape index (κ3) is 3.29. The van der Waals surface area contributed by atoms with E-state index in [0.29, 0.717) is 0 Å². The highest BCUT2D eigenvalue weighted by atomic mass is 16.5. The van der Waals surface area contributed by atoms with Crippen molar-refractivity contribution in [2.75, 3.05) is 13.7 Å². The molecular weight excluding hydrogens is 246 g/mol. The van der Waals surface area contributed by atoms with E-state index >= 15 is 0 Å². The molecule has 0 atom stereocenters. The number of unbranched alkanes of at least 4 members (excludes halogenated alkanes) is 2. The molecule has 6 nitrogen and oxygen atoms in total. The van der Waals surface area contributed by atoms with Crippen LogP contribution in [0.3, 0.4) is 0 Å². The highest BCUT2D eigenvalue weighted by molar-refractivity contribution is 5.92. The lowest BCUT2D eigenvalue weighted by Gasteiger charge is -2.03. The molecule has 102 valence electrons. The fourth-order valence-electron chi connectivity index (χ4n) is 1.95. The van der Waals surface area contributed by atoms with Crippen molar-refractivity contribution in [1.82, 2.24) is 15.0 Å². The summed E-state index contributed by atoms with van der Waals surface area (Å²) in [4.78, 5) is 10.9. The van der Waals surface area contributed by atoms with Crippen LogP contribution >= 0.6 is 0 Å². The number of aromatic carboxylic acids is 1. The Balaban J connectivity index is 2.06. The van der Waals surface area contributed by atoms with E-state index in [0.717, 1.165) is 43.4 Å². The van der Waals surface area contributed by atoms with Crippen molar-refractivity contribution in [3.8, 4) is 0 Å². The van der Waals surface area contributed by atoms with Crippen LogP contribution in [-0.2, 0) is 11.3 Å². The number of fused-ring (bicyclic) bond motifs is 1. The number of carboxylic acid groups (broad SMARTS) is 1. The third-order valence-electron chi connectivity index (χ3n) is 2.98. The van der Waals surface area contributed by atoms with E-state index in [2.05, 4.69) is 10.3 Å². The Labute approximate surface area is 111 Å². The van der Waals surface area contributed by atoms with Crippen LogP contribution in [0.2, 0.25) is 0 Å². The molecule has 1 aromatic heterocycles. The second kappa shape index (κ2) is 6.29. The summed E-state index contributed by atoms with van der Waals surface area (Å²) in [5, 5.41) is 17.1. The van der Waals surface area contributed by atoms with Crippen LogP contribution in [0.15, 0.2) is 18.2 Å². The lowest BCUT2D eigenvalue weighted by molar-refractivity contribution is 0.0697. The number of aryl methyl sites for hydroxylation is 1. The number of hydrogen-bond donors (Lipinski definition) is 1. The lowest BCUT2D eigenvalue weighted by atomic mass is 10.2. The van der Waals surface area contributed by atoms with Crippen molar-refractivity contribution >= 4 is 17.0 Å². The molecule has 0 aliphatic heterocycles. The van der Waals surface area contributed by atoms with Crippen LogP contribution in [0.5, 0.6) is 0 Å². The van der Waals surface area contributed by atoms with E-state index in [-0.39, 0.29) is 5.56 Å². The van der Waals surface area contributed by atoms with E-state index in [9.17, 15) is 4.79 Å². The van der Waals surface area contributed by atoms with Crippen molar-refractivity contribution in [2.45, 2.75) is 25.8 Å². The first kappa shape index (κ1) is 13.5. The molecule has 19 heavy (non-hydrogen) atoms. The van der Waals surface area contributed by atoms with Crippen molar-refractivity contribution in [2.24, 2.45) is 0 Å². The number of methoxy groups -OCH3 is 1. The summed E-state index contributed by atoms with van der Waals surface area (Å²) >= 11 is 0. The Bertz CT molecular complexity index is 565. The highest BCUT2D eigenvalue weighted by Crippen LogP contribution is 2.14. The molecule has 0 saturated carbocycles. The third-order valence-corrected chi connectivity index (χ3v) is 2.98. The molecule has 0 unspecified atom stereocenters. The summed E-state index contributed by atoms with van der Waals surface area (Å²) < 4.78 is 6.75. The number of carbonyl (C=O) groups is 1. The minimum absolute atomic E-state index is 0.260. The summed E-state index contributed by atoms with van der Waals surface area (Å²) in [6.45, 7) is 1.50. The van der Waals surface area contributed by atoms with Gasteiger partial charge in [0.25, 0.3) is 0 Å². The van der Waals surface area contributed by atoms with E-state index in [1.165, 1.54) is 0 Å². The second-order valence-electron chi connectivity index (χ2n) is 4.37. The molecule has 2 rings (SSSR count).